The minimum atomic E-state index is -3.32. The Kier molecular flexibility index (Phi) is 4.96. The SMILES string of the molecule is CS(=O)(=O)OCC1CCCN(Cc2ccccc2)C1. The summed E-state index contributed by atoms with van der Waals surface area (Å²) in [5.41, 5.74) is 1.30. The summed E-state index contributed by atoms with van der Waals surface area (Å²) in [6, 6.07) is 10.3. The molecule has 2 rings (SSSR count). The van der Waals surface area contributed by atoms with Crippen molar-refractivity contribution in [2.75, 3.05) is 26.0 Å². The van der Waals surface area contributed by atoms with E-state index in [9.17, 15) is 8.42 Å². The fourth-order valence-corrected chi connectivity index (χ4v) is 2.93. The van der Waals surface area contributed by atoms with Crippen LogP contribution in [0.15, 0.2) is 30.3 Å². The second-order valence-electron chi connectivity index (χ2n) is 5.22. The zero-order chi connectivity index (χ0) is 13.7. The summed E-state index contributed by atoms with van der Waals surface area (Å²) in [5.74, 6) is 0.312. The van der Waals surface area contributed by atoms with E-state index in [1.165, 1.54) is 5.56 Å². The Bertz CT molecular complexity index is 487. The molecule has 106 valence electrons. The summed E-state index contributed by atoms with van der Waals surface area (Å²) in [4.78, 5) is 2.37. The molecule has 1 heterocycles. The first-order valence-corrected chi connectivity index (χ1v) is 8.45. The molecular weight excluding hydrogens is 262 g/mol. The first-order valence-electron chi connectivity index (χ1n) is 6.63. The molecule has 1 aromatic carbocycles. The maximum absolute atomic E-state index is 11.0. The highest BCUT2D eigenvalue weighted by Crippen LogP contribution is 2.19. The van der Waals surface area contributed by atoms with Gasteiger partial charge in [-0.15, -0.1) is 0 Å². The maximum Gasteiger partial charge on any atom is 0.264 e. The third-order valence-electron chi connectivity index (χ3n) is 3.37. The predicted octanol–water partition coefficient (Wildman–Crippen LogP) is 1.87. The van der Waals surface area contributed by atoms with E-state index in [-0.39, 0.29) is 0 Å². The van der Waals surface area contributed by atoms with Gasteiger partial charge in [-0.05, 0) is 30.9 Å². The Morgan fingerprint density at radius 3 is 2.74 bits per heavy atom. The van der Waals surface area contributed by atoms with Crippen molar-refractivity contribution in [1.82, 2.24) is 4.90 Å². The van der Waals surface area contributed by atoms with Gasteiger partial charge in [0.25, 0.3) is 10.1 Å². The van der Waals surface area contributed by atoms with Gasteiger partial charge in [-0.25, -0.2) is 0 Å². The van der Waals surface area contributed by atoms with Crippen molar-refractivity contribution in [2.24, 2.45) is 5.92 Å². The lowest BCUT2D eigenvalue weighted by atomic mass is 9.98. The van der Waals surface area contributed by atoms with Crippen LogP contribution in [0.25, 0.3) is 0 Å². The number of piperidine rings is 1. The number of hydrogen-bond acceptors (Lipinski definition) is 4. The Morgan fingerprint density at radius 1 is 1.32 bits per heavy atom. The third kappa shape index (κ3) is 5.30. The summed E-state index contributed by atoms with van der Waals surface area (Å²) in [6.07, 6.45) is 3.25. The van der Waals surface area contributed by atoms with E-state index >= 15 is 0 Å². The molecule has 4 nitrogen and oxygen atoms in total. The van der Waals surface area contributed by atoms with Gasteiger partial charge in [0.1, 0.15) is 0 Å². The van der Waals surface area contributed by atoms with E-state index in [0.717, 1.165) is 38.7 Å². The van der Waals surface area contributed by atoms with Gasteiger partial charge in [0.05, 0.1) is 12.9 Å². The summed E-state index contributed by atoms with van der Waals surface area (Å²) in [5, 5.41) is 0. The van der Waals surface area contributed by atoms with Gasteiger partial charge in [0, 0.05) is 13.1 Å². The van der Waals surface area contributed by atoms with Crippen LogP contribution in [0.3, 0.4) is 0 Å². The number of likely N-dealkylation sites (tertiary alicyclic amines) is 1. The lowest BCUT2D eigenvalue weighted by Crippen LogP contribution is -2.37. The molecule has 5 heteroatoms. The zero-order valence-corrected chi connectivity index (χ0v) is 12.1. The van der Waals surface area contributed by atoms with E-state index in [1.807, 2.05) is 18.2 Å². The standard InChI is InChI=1S/C14H21NO3S/c1-19(16,17)18-12-14-8-5-9-15(11-14)10-13-6-3-2-4-7-13/h2-4,6-7,14H,5,8-12H2,1H3. The number of rotatable bonds is 5. The summed E-state index contributed by atoms with van der Waals surface area (Å²) in [7, 11) is -3.32. The first-order chi connectivity index (χ1) is 9.03. The molecule has 0 N–H and O–H groups in total. The van der Waals surface area contributed by atoms with Crippen molar-refractivity contribution in [3.8, 4) is 0 Å². The summed E-state index contributed by atoms with van der Waals surface area (Å²) < 4.78 is 26.9. The molecule has 0 saturated carbocycles. The van der Waals surface area contributed by atoms with Crippen LogP contribution in [0, 0.1) is 5.92 Å². The summed E-state index contributed by atoms with van der Waals surface area (Å²) >= 11 is 0. The Labute approximate surface area is 115 Å². The van der Waals surface area contributed by atoms with E-state index in [4.69, 9.17) is 4.18 Å². The van der Waals surface area contributed by atoms with E-state index in [2.05, 4.69) is 17.0 Å². The highest BCUT2D eigenvalue weighted by Gasteiger charge is 2.21. The van der Waals surface area contributed by atoms with Crippen LogP contribution in [0.2, 0.25) is 0 Å². The lowest BCUT2D eigenvalue weighted by Gasteiger charge is -2.32. The van der Waals surface area contributed by atoms with Crippen LogP contribution in [-0.4, -0.2) is 39.3 Å². The predicted molar refractivity (Wildman–Crippen MR) is 75.2 cm³/mol. The summed E-state index contributed by atoms with van der Waals surface area (Å²) in [6.45, 7) is 3.22. The molecule has 1 saturated heterocycles. The van der Waals surface area contributed by atoms with Gasteiger partial charge in [0.15, 0.2) is 0 Å². The average molecular weight is 283 g/mol. The molecule has 0 spiro atoms. The van der Waals surface area contributed by atoms with Crippen molar-refractivity contribution in [3.05, 3.63) is 35.9 Å². The molecule has 0 aromatic heterocycles. The molecule has 1 aliphatic rings. The van der Waals surface area contributed by atoms with Crippen molar-refractivity contribution >= 4 is 10.1 Å². The van der Waals surface area contributed by atoms with Gasteiger partial charge in [-0.2, -0.15) is 8.42 Å². The normalized spacial score (nSPS) is 21.4. The van der Waals surface area contributed by atoms with Crippen molar-refractivity contribution in [1.29, 1.82) is 0 Å². The molecule has 1 aromatic rings. The van der Waals surface area contributed by atoms with E-state index in [1.54, 1.807) is 0 Å². The Hall–Kier alpha value is -0.910. The van der Waals surface area contributed by atoms with Crippen LogP contribution in [0.5, 0.6) is 0 Å². The molecule has 0 aliphatic carbocycles. The minimum Gasteiger partial charge on any atom is -0.299 e. The third-order valence-corrected chi connectivity index (χ3v) is 3.93. The Balaban J connectivity index is 1.84. The fourth-order valence-electron chi connectivity index (χ4n) is 2.49. The number of nitrogens with zero attached hydrogens (tertiary/aromatic N) is 1. The molecule has 0 bridgehead atoms. The van der Waals surface area contributed by atoms with Crippen LogP contribution in [0.4, 0.5) is 0 Å². The largest absolute Gasteiger partial charge is 0.299 e. The molecule has 1 atom stereocenters. The monoisotopic (exact) mass is 283 g/mol. The van der Waals surface area contributed by atoms with Gasteiger partial charge >= 0.3 is 0 Å². The first kappa shape index (κ1) is 14.5. The molecule has 0 amide bonds. The molecule has 1 aliphatic heterocycles. The van der Waals surface area contributed by atoms with Gasteiger partial charge in [-0.3, -0.25) is 9.08 Å². The fraction of sp³-hybridized carbons (Fsp3) is 0.571. The highest BCUT2D eigenvalue weighted by atomic mass is 32.2. The van der Waals surface area contributed by atoms with Crippen LogP contribution in [-0.2, 0) is 20.8 Å². The lowest BCUT2D eigenvalue weighted by molar-refractivity contribution is 0.128. The van der Waals surface area contributed by atoms with Crippen LogP contribution < -0.4 is 0 Å². The average Bonchev–Trinajstić information content (AvgIpc) is 2.37. The molecule has 19 heavy (non-hydrogen) atoms. The Morgan fingerprint density at radius 2 is 2.05 bits per heavy atom. The quantitative estimate of drug-likeness (QED) is 0.774. The molecule has 1 unspecified atom stereocenters. The number of benzene rings is 1. The van der Waals surface area contributed by atoms with Crippen LogP contribution in [0.1, 0.15) is 18.4 Å². The molecular formula is C14H21NO3S. The van der Waals surface area contributed by atoms with Crippen molar-refractivity contribution in [2.45, 2.75) is 19.4 Å². The van der Waals surface area contributed by atoms with Gasteiger partial charge < -0.3 is 0 Å². The smallest absolute Gasteiger partial charge is 0.264 e. The topological polar surface area (TPSA) is 46.6 Å². The van der Waals surface area contributed by atoms with Gasteiger partial charge in [-0.1, -0.05) is 30.3 Å². The maximum atomic E-state index is 11.0. The molecule has 0 radical (unpaired) electrons. The minimum absolute atomic E-state index is 0.310. The molecule has 1 fully saturated rings. The number of hydrogen-bond donors (Lipinski definition) is 0. The second kappa shape index (κ2) is 6.50. The van der Waals surface area contributed by atoms with Crippen LogP contribution >= 0.6 is 0 Å². The van der Waals surface area contributed by atoms with Crippen molar-refractivity contribution in [3.63, 3.8) is 0 Å². The van der Waals surface area contributed by atoms with Crippen molar-refractivity contribution < 1.29 is 12.6 Å². The second-order valence-corrected chi connectivity index (χ2v) is 6.86. The highest BCUT2D eigenvalue weighted by molar-refractivity contribution is 7.85. The van der Waals surface area contributed by atoms with Gasteiger partial charge in [0.2, 0.25) is 0 Å². The van der Waals surface area contributed by atoms with E-state index in [0.29, 0.717) is 12.5 Å². The zero-order valence-electron chi connectivity index (χ0n) is 11.3. The van der Waals surface area contributed by atoms with E-state index < -0.39 is 10.1 Å².